The van der Waals surface area contributed by atoms with Crippen molar-refractivity contribution in [1.82, 2.24) is 0 Å². The van der Waals surface area contributed by atoms with Crippen LogP contribution in [0.5, 0.6) is 0 Å². The van der Waals surface area contributed by atoms with Gasteiger partial charge in [0, 0.05) is 5.56 Å². The number of benzene rings is 1. The highest BCUT2D eigenvalue weighted by atomic mass is 15.1. The van der Waals surface area contributed by atoms with Crippen molar-refractivity contribution in [2.75, 3.05) is 0 Å². The third-order valence-corrected chi connectivity index (χ3v) is 2.47. The average Bonchev–Trinajstić information content (AvgIpc) is 2.49. The zero-order valence-corrected chi connectivity index (χ0v) is 9.13. The smallest absolute Gasteiger partial charge is 0.242 e. The van der Waals surface area contributed by atoms with Gasteiger partial charge in [0.25, 0.3) is 0 Å². The first kappa shape index (κ1) is 9.77. The van der Waals surface area contributed by atoms with Gasteiger partial charge < -0.3 is 0 Å². The van der Waals surface area contributed by atoms with Crippen LogP contribution in [0.2, 0.25) is 0 Å². The molecule has 0 saturated carbocycles. The Hall–Kier alpha value is -1.77. The standard InChI is InChI=1S/C12H13N3/c1-7-4-8(2)11(9(3)5-7)10-6-14-12(13)15-10/h4-6,13H,1-3H3. The summed E-state index contributed by atoms with van der Waals surface area (Å²) < 4.78 is 0. The monoisotopic (exact) mass is 199 g/mol. The SMILES string of the molecule is Cc1cc(C)c(C2=NC(=N)N=C2)c(C)c1. The maximum Gasteiger partial charge on any atom is 0.242 e. The fraction of sp³-hybridized carbons (Fsp3) is 0.250. The summed E-state index contributed by atoms with van der Waals surface area (Å²) in [6, 6.07) is 4.25. The molecule has 1 heterocycles. The Kier molecular flexibility index (Phi) is 2.23. The highest BCUT2D eigenvalue weighted by Crippen LogP contribution is 2.18. The first-order valence-corrected chi connectivity index (χ1v) is 4.87. The molecule has 3 heteroatoms. The molecule has 0 bridgehead atoms. The lowest BCUT2D eigenvalue weighted by atomic mass is 9.96. The lowest BCUT2D eigenvalue weighted by molar-refractivity contribution is 1.30. The van der Waals surface area contributed by atoms with Crippen molar-refractivity contribution in [2.45, 2.75) is 20.8 Å². The lowest BCUT2D eigenvalue weighted by Crippen LogP contribution is -2.05. The summed E-state index contributed by atoms with van der Waals surface area (Å²) in [4.78, 5) is 7.94. The van der Waals surface area contributed by atoms with E-state index in [-0.39, 0.29) is 5.96 Å². The van der Waals surface area contributed by atoms with Crippen molar-refractivity contribution in [2.24, 2.45) is 9.98 Å². The number of nitrogens with one attached hydrogen (secondary N) is 1. The van der Waals surface area contributed by atoms with Crippen molar-refractivity contribution >= 4 is 17.9 Å². The van der Waals surface area contributed by atoms with Crippen molar-refractivity contribution in [3.05, 3.63) is 34.4 Å². The van der Waals surface area contributed by atoms with Crippen molar-refractivity contribution < 1.29 is 0 Å². The summed E-state index contributed by atoms with van der Waals surface area (Å²) in [6.07, 6.45) is 1.66. The lowest BCUT2D eigenvalue weighted by Gasteiger charge is -2.08. The van der Waals surface area contributed by atoms with Gasteiger partial charge in [-0.15, -0.1) is 0 Å². The van der Waals surface area contributed by atoms with Crippen molar-refractivity contribution in [1.29, 1.82) is 5.41 Å². The number of aryl methyl sites for hydroxylation is 3. The molecule has 0 saturated heterocycles. The van der Waals surface area contributed by atoms with Gasteiger partial charge in [-0.2, -0.15) is 0 Å². The number of hydrogen-bond acceptors (Lipinski definition) is 1. The topological polar surface area (TPSA) is 48.6 Å². The van der Waals surface area contributed by atoms with Crippen LogP contribution >= 0.6 is 0 Å². The predicted octanol–water partition coefficient (Wildman–Crippen LogP) is 2.42. The average molecular weight is 199 g/mol. The second kappa shape index (κ2) is 3.42. The molecule has 76 valence electrons. The molecule has 1 aliphatic rings. The van der Waals surface area contributed by atoms with Crippen LogP contribution in [0, 0.1) is 26.2 Å². The van der Waals surface area contributed by atoms with Crippen LogP contribution in [0.1, 0.15) is 22.3 Å². The minimum absolute atomic E-state index is 0.0874. The molecular weight excluding hydrogens is 186 g/mol. The molecule has 3 nitrogen and oxygen atoms in total. The molecule has 0 amide bonds. The molecular formula is C12H13N3. The summed E-state index contributed by atoms with van der Waals surface area (Å²) in [5.41, 5.74) is 5.53. The molecule has 0 spiro atoms. The van der Waals surface area contributed by atoms with E-state index in [9.17, 15) is 0 Å². The number of aliphatic imine (C=N–C) groups is 2. The van der Waals surface area contributed by atoms with E-state index in [0.29, 0.717) is 0 Å². The van der Waals surface area contributed by atoms with E-state index in [1.165, 1.54) is 16.7 Å². The van der Waals surface area contributed by atoms with E-state index < -0.39 is 0 Å². The van der Waals surface area contributed by atoms with Crippen molar-refractivity contribution in [3.63, 3.8) is 0 Å². The maximum absolute atomic E-state index is 7.33. The highest BCUT2D eigenvalue weighted by Gasteiger charge is 2.13. The first-order valence-electron chi connectivity index (χ1n) is 4.87. The Bertz CT molecular complexity index is 473. The van der Waals surface area contributed by atoms with Gasteiger partial charge >= 0.3 is 0 Å². The van der Waals surface area contributed by atoms with Gasteiger partial charge in [-0.25, -0.2) is 9.98 Å². The summed E-state index contributed by atoms with van der Waals surface area (Å²) in [5.74, 6) is 0.0874. The Labute approximate surface area is 89.1 Å². The zero-order chi connectivity index (χ0) is 11.0. The van der Waals surface area contributed by atoms with E-state index in [2.05, 4.69) is 42.9 Å². The minimum Gasteiger partial charge on any atom is -0.265 e. The first-order chi connectivity index (χ1) is 7.08. The number of guanidine groups is 1. The molecule has 2 rings (SSSR count). The molecule has 0 aromatic heterocycles. The quantitative estimate of drug-likeness (QED) is 0.722. The van der Waals surface area contributed by atoms with Crippen LogP contribution in [0.3, 0.4) is 0 Å². The summed E-state index contributed by atoms with van der Waals surface area (Å²) in [7, 11) is 0. The van der Waals surface area contributed by atoms with Gasteiger partial charge in [0.1, 0.15) is 0 Å². The molecule has 0 unspecified atom stereocenters. The number of hydrogen-bond donors (Lipinski definition) is 1. The largest absolute Gasteiger partial charge is 0.265 e. The van der Waals surface area contributed by atoms with E-state index in [0.717, 1.165) is 11.3 Å². The van der Waals surface area contributed by atoms with Crippen LogP contribution in [0.15, 0.2) is 22.1 Å². The van der Waals surface area contributed by atoms with Crippen LogP contribution in [0.25, 0.3) is 0 Å². The fourth-order valence-electron chi connectivity index (χ4n) is 2.00. The third kappa shape index (κ3) is 1.73. The summed E-state index contributed by atoms with van der Waals surface area (Å²) in [6.45, 7) is 6.21. The molecule has 0 aliphatic carbocycles. The van der Waals surface area contributed by atoms with E-state index >= 15 is 0 Å². The van der Waals surface area contributed by atoms with Crippen molar-refractivity contribution in [3.8, 4) is 0 Å². The van der Waals surface area contributed by atoms with E-state index in [1.54, 1.807) is 6.21 Å². The highest BCUT2D eigenvalue weighted by molar-refractivity contribution is 6.44. The van der Waals surface area contributed by atoms with Gasteiger partial charge in [0.15, 0.2) is 0 Å². The number of rotatable bonds is 1. The van der Waals surface area contributed by atoms with Crippen LogP contribution in [-0.4, -0.2) is 17.9 Å². The Balaban J connectivity index is 2.59. The van der Waals surface area contributed by atoms with Gasteiger partial charge in [0.05, 0.1) is 11.9 Å². The molecule has 0 radical (unpaired) electrons. The van der Waals surface area contributed by atoms with Gasteiger partial charge in [-0.05, 0) is 31.9 Å². The van der Waals surface area contributed by atoms with Crippen LogP contribution < -0.4 is 0 Å². The third-order valence-electron chi connectivity index (χ3n) is 2.47. The Morgan fingerprint density at radius 2 is 1.67 bits per heavy atom. The second-order valence-electron chi connectivity index (χ2n) is 3.85. The predicted molar refractivity (Wildman–Crippen MR) is 63.4 cm³/mol. The molecule has 1 aromatic carbocycles. The minimum atomic E-state index is 0.0874. The molecule has 1 aliphatic heterocycles. The normalized spacial score (nSPS) is 14.6. The van der Waals surface area contributed by atoms with Gasteiger partial charge in [-0.1, -0.05) is 17.7 Å². The zero-order valence-electron chi connectivity index (χ0n) is 9.13. The van der Waals surface area contributed by atoms with E-state index in [4.69, 9.17) is 5.41 Å². The molecule has 1 aromatic rings. The number of nitrogens with zero attached hydrogens (tertiary/aromatic N) is 2. The van der Waals surface area contributed by atoms with Crippen LogP contribution in [-0.2, 0) is 0 Å². The second-order valence-corrected chi connectivity index (χ2v) is 3.85. The Morgan fingerprint density at radius 3 is 2.13 bits per heavy atom. The summed E-state index contributed by atoms with van der Waals surface area (Å²) in [5, 5.41) is 7.33. The molecule has 1 N–H and O–H groups in total. The van der Waals surface area contributed by atoms with Gasteiger partial charge in [-0.3, -0.25) is 5.41 Å². The van der Waals surface area contributed by atoms with Gasteiger partial charge in [0.2, 0.25) is 5.96 Å². The Morgan fingerprint density at radius 1 is 1.07 bits per heavy atom. The molecule has 0 atom stereocenters. The fourth-order valence-corrected chi connectivity index (χ4v) is 2.00. The molecule has 15 heavy (non-hydrogen) atoms. The van der Waals surface area contributed by atoms with E-state index in [1.807, 2.05) is 0 Å². The van der Waals surface area contributed by atoms with Crippen LogP contribution in [0.4, 0.5) is 0 Å². The maximum atomic E-state index is 7.33. The molecule has 0 fully saturated rings. The summed E-state index contributed by atoms with van der Waals surface area (Å²) >= 11 is 0.